The van der Waals surface area contributed by atoms with Crippen molar-refractivity contribution in [2.75, 3.05) is 10.6 Å². The van der Waals surface area contributed by atoms with Gasteiger partial charge >= 0.3 is 0 Å². The average molecular weight is 430 g/mol. The van der Waals surface area contributed by atoms with Crippen LogP contribution in [0.3, 0.4) is 0 Å². The Labute approximate surface area is 182 Å². The first-order chi connectivity index (χ1) is 14.2. The number of hydrogen-bond donors (Lipinski definition) is 3. The number of carbonyl (C=O) groups excluding carboxylic acids is 3. The van der Waals surface area contributed by atoms with E-state index in [0.29, 0.717) is 28.4 Å². The van der Waals surface area contributed by atoms with E-state index in [0.717, 1.165) is 0 Å². The average Bonchev–Trinajstić information content (AvgIpc) is 2.68. The minimum atomic E-state index is -0.687. The Hall–Kier alpha value is -2.86. The summed E-state index contributed by atoms with van der Waals surface area (Å²) in [4.78, 5) is 37.1. The molecule has 160 valence electrons. The third-order valence-electron chi connectivity index (χ3n) is 4.38. The molecule has 0 spiro atoms. The highest BCUT2D eigenvalue weighted by Gasteiger charge is 2.23. The molecule has 3 N–H and O–H groups in total. The Morgan fingerprint density at radius 2 is 1.30 bits per heavy atom. The zero-order valence-electron chi connectivity index (χ0n) is 17.7. The van der Waals surface area contributed by atoms with Gasteiger partial charge in [0.15, 0.2) is 0 Å². The van der Waals surface area contributed by atoms with Crippen LogP contribution in [0.1, 0.15) is 44.5 Å². The summed E-state index contributed by atoms with van der Waals surface area (Å²) in [6.07, 6.45) is 0.494. The maximum absolute atomic E-state index is 12.8. The van der Waals surface area contributed by atoms with Crippen molar-refractivity contribution >= 4 is 40.7 Å². The van der Waals surface area contributed by atoms with Crippen molar-refractivity contribution < 1.29 is 14.4 Å². The molecule has 0 saturated carbocycles. The van der Waals surface area contributed by atoms with Gasteiger partial charge < -0.3 is 16.0 Å². The molecule has 6 nitrogen and oxygen atoms in total. The molecule has 0 aromatic heterocycles. The van der Waals surface area contributed by atoms with Crippen LogP contribution < -0.4 is 16.0 Å². The van der Waals surface area contributed by atoms with Crippen molar-refractivity contribution in [3.63, 3.8) is 0 Å². The summed E-state index contributed by atoms with van der Waals surface area (Å²) >= 11 is 5.87. The Morgan fingerprint density at radius 1 is 0.800 bits per heavy atom. The molecule has 0 aliphatic carbocycles. The lowest BCUT2D eigenvalue weighted by molar-refractivity contribution is -0.119. The number of hydrogen-bond acceptors (Lipinski definition) is 3. The lowest BCUT2D eigenvalue weighted by Crippen LogP contribution is -2.44. The SMILES string of the molecule is CC(C)CC(NC(=O)c1ccc(Cl)cc1)C(=O)Nc1ccc(NC(=O)C(C)C)cc1. The van der Waals surface area contributed by atoms with Crippen LogP contribution >= 0.6 is 11.6 Å². The van der Waals surface area contributed by atoms with Gasteiger partial charge in [0.2, 0.25) is 11.8 Å². The predicted molar refractivity (Wildman–Crippen MR) is 121 cm³/mol. The lowest BCUT2D eigenvalue weighted by Gasteiger charge is -2.20. The van der Waals surface area contributed by atoms with Crippen LogP contribution in [0, 0.1) is 11.8 Å². The maximum atomic E-state index is 12.8. The molecule has 0 aliphatic heterocycles. The second kappa shape index (κ2) is 10.8. The molecule has 0 radical (unpaired) electrons. The molecule has 1 atom stereocenters. The third kappa shape index (κ3) is 7.19. The molecule has 0 saturated heterocycles. The molecule has 1 unspecified atom stereocenters. The van der Waals surface area contributed by atoms with E-state index in [4.69, 9.17) is 11.6 Å². The summed E-state index contributed by atoms with van der Waals surface area (Å²) in [6, 6.07) is 12.7. The van der Waals surface area contributed by atoms with Gasteiger partial charge in [0, 0.05) is 27.9 Å². The van der Waals surface area contributed by atoms with Gasteiger partial charge in [-0.3, -0.25) is 14.4 Å². The molecule has 0 fully saturated rings. The minimum Gasteiger partial charge on any atom is -0.340 e. The van der Waals surface area contributed by atoms with Gasteiger partial charge in [0.05, 0.1) is 0 Å². The van der Waals surface area contributed by atoms with Crippen molar-refractivity contribution in [2.45, 2.75) is 40.2 Å². The van der Waals surface area contributed by atoms with Crippen molar-refractivity contribution in [2.24, 2.45) is 11.8 Å². The number of nitrogens with one attached hydrogen (secondary N) is 3. The molecule has 3 amide bonds. The molecule has 30 heavy (non-hydrogen) atoms. The van der Waals surface area contributed by atoms with Crippen LogP contribution in [0.2, 0.25) is 5.02 Å². The van der Waals surface area contributed by atoms with E-state index in [1.807, 2.05) is 27.7 Å². The molecule has 7 heteroatoms. The third-order valence-corrected chi connectivity index (χ3v) is 4.63. The molecule has 0 bridgehead atoms. The summed E-state index contributed by atoms with van der Waals surface area (Å²) in [5.41, 5.74) is 1.67. The van der Waals surface area contributed by atoms with Gasteiger partial charge in [0.25, 0.3) is 5.91 Å². The van der Waals surface area contributed by atoms with Crippen molar-refractivity contribution in [3.05, 3.63) is 59.1 Å². The number of carbonyl (C=O) groups is 3. The summed E-state index contributed by atoms with van der Waals surface area (Å²) in [7, 11) is 0. The highest BCUT2D eigenvalue weighted by Crippen LogP contribution is 2.16. The van der Waals surface area contributed by atoms with Crippen LogP contribution in [-0.2, 0) is 9.59 Å². The van der Waals surface area contributed by atoms with E-state index in [1.165, 1.54) is 0 Å². The highest BCUT2D eigenvalue weighted by molar-refractivity contribution is 6.30. The molecule has 2 aromatic rings. The second-order valence-electron chi connectivity index (χ2n) is 7.87. The van der Waals surface area contributed by atoms with Crippen LogP contribution in [0.15, 0.2) is 48.5 Å². The van der Waals surface area contributed by atoms with E-state index >= 15 is 0 Å². The predicted octanol–water partition coefficient (Wildman–Crippen LogP) is 4.72. The van der Waals surface area contributed by atoms with Crippen molar-refractivity contribution in [1.29, 1.82) is 0 Å². The molecule has 0 heterocycles. The number of rotatable bonds is 8. The zero-order valence-corrected chi connectivity index (χ0v) is 18.4. The summed E-state index contributed by atoms with van der Waals surface area (Å²) < 4.78 is 0. The summed E-state index contributed by atoms with van der Waals surface area (Å²) in [5.74, 6) is -0.622. The van der Waals surface area contributed by atoms with Crippen LogP contribution in [0.5, 0.6) is 0 Å². The monoisotopic (exact) mass is 429 g/mol. The van der Waals surface area contributed by atoms with E-state index in [1.54, 1.807) is 48.5 Å². The number of benzene rings is 2. The van der Waals surface area contributed by atoms with Crippen LogP contribution in [-0.4, -0.2) is 23.8 Å². The minimum absolute atomic E-state index is 0.0753. The molecular weight excluding hydrogens is 402 g/mol. The number of halogens is 1. The van der Waals surface area contributed by atoms with Crippen LogP contribution in [0.25, 0.3) is 0 Å². The number of amides is 3. The van der Waals surface area contributed by atoms with Crippen molar-refractivity contribution in [1.82, 2.24) is 5.32 Å². The fourth-order valence-electron chi connectivity index (χ4n) is 2.70. The first-order valence-corrected chi connectivity index (χ1v) is 10.3. The Balaban J connectivity index is 2.04. The van der Waals surface area contributed by atoms with Crippen molar-refractivity contribution in [3.8, 4) is 0 Å². The van der Waals surface area contributed by atoms with E-state index < -0.39 is 6.04 Å². The zero-order chi connectivity index (χ0) is 22.3. The van der Waals surface area contributed by atoms with Gasteiger partial charge in [-0.2, -0.15) is 0 Å². The fourth-order valence-corrected chi connectivity index (χ4v) is 2.82. The van der Waals surface area contributed by atoms with Gasteiger partial charge in [-0.25, -0.2) is 0 Å². The quantitative estimate of drug-likeness (QED) is 0.567. The normalized spacial score (nSPS) is 11.8. The smallest absolute Gasteiger partial charge is 0.251 e. The fraction of sp³-hybridized carbons (Fsp3) is 0.348. The standard InChI is InChI=1S/C23H28ClN3O3/c1-14(2)13-20(27-22(29)16-5-7-17(24)8-6-16)23(30)26-19-11-9-18(10-12-19)25-21(28)15(3)4/h5-12,14-15,20H,13H2,1-4H3,(H,25,28)(H,26,30)(H,27,29). The largest absolute Gasteiger partial charge is 0.340 e. The highest BCUT2D eigenvalue weighted by atomic mass is 35.5. The first kappa shape index (κ1) is 23.4. The molecule has 2 aromatic carbocycles. The Bertz CT molecular complexity index is 878. The molecule has 2 rings (SSSR count). The van der Waals surface area contributed by atoms with E-state index in [-0.39, 0.29) is 29.6 Å². The van der Waals surface area contributed by atoms with E-state index in [9.17, 15) is 14.4 Å². The maximum Gasteiger partial charge on any atom is 0.251 e. The van der Waals surface area contributed by atoms with E-state index in [2.05, 4.69) is 16.0 Å². The van der Waals surface area contributed by atoms with Gasteiger partial charge in [-0.05, 0) is 60.9 Å². The van der Waals surface area contributed by atoms with Crippen LogP contribution in [0.4, 0.5) is 11.4 Å². The lowest BCUT2D eigenvalue weighted by atomic mass is 10.0. The summed E-state index contributed by atoms with van der Waals surface area (Å²) in [5, 5.41) is 8.97. The first-order valence-electron chi connectivity index (χ1n) is 9.94. The van der Waals surface area contributed by atoms with Gasteiger partial charge in [-0.15, -0.1) is 0 Å². The van der Waals surface area contributed by atoms with Gasteiger partial charge in [0.1, 0.15) is 6.04 Å². The van der Waals surface area contributed by atoms with Gasteiger partial charge in [-0.1, -0.05) is 39.3 Å². The Morgan fingerprint density at radius 3 is 1.77 bits per heavy atom. The summed E-state index contributed by atoms with van der Waals surface area (Å²) in [6.45, 7) is 7.61. The molecular formula is C23H28ClN3O3. The molecule has 0 aliphatic rings. The topological polar surface area (TPSA) is 87.3 Å². The Kier molecular flexibility index (Phi) is 8.42. The number of anilines is 2. The second-order valence-corrected chi connectivity index (χ2v) is 8.31.